The molecule has 0 aliphatic heterocycles. The van der Waals surface area contributed by atoms with Crippen molar-refractivity contribution in [2.24, 2.45) is 0 Å². The molecule has 1 aromatic carbocycles. The fourth-order valence-corrected chi connectivity index (χ4v) is 2.02. The molecule has 2 aromatic rings. The summed E-state index contributed by atoms with van der Waals surface area (Å²) in [6, 6.07) is 7.40. The maximum atomic E-state index is 11.9. The molecule has 0 spiro atoms. The molecular weight excluding hydrogens is 296 g/mol. The Labute approximate surface area is 135 Å². The number of esters is 1. The van der Waals surface area contributed by atoms with Gasteiger partial charge in [0.25, 0.3) is 5.91 Å². The van der Waals surface area contributed by atoms with Crippen molar-refractivity contribution in [3.05, 3.63) is 30.2 Å². The molecule has 6 nitrogen and oxygen atoms in total. The third-order valence-electron chi connectivity index (χ3n) is 3.06. The molecular formula is C17H22N2O4. The summed E-state index contributed by atoms with van der Waals surface area (Å²) >= 11 is 0. The van der Waals surface area contributed by atoms with Gasteiger partial charge in [-0.25, -0.2) is 4.98 Å². The molecule has 6 heteroatoms. The highest BCUT2D eigenvalue weighted by Crippen LogP contribution is 2.16. The van der Waals surface area contributed by atoms with Crippen LogP contribution in [0.2, 0.25) is 0 Å². The zero-order valence-corrected chi connectivity index (χ0v) is 13.9. The van der Waals surface area contributed by atoms with Crippen molar-refractivity contribution in [1.29, 1.82) is 0 Å². The van der Waals surface area contributed by atoms with Gasteiger partial charge in [0.05, 0.1) is 6.42 Å². The van der Waals surface area contributed by atoms with E-state index in [1.54, 1.807) is 6.92 Å². The molecule has 0 saturated carbocycles. The Morgan fingerprint density at radius 2 is 2.00 bits per heavy atom. The number of aryl methyl sites for hydroxylation is 1. The lowest BCUT2D eigenvalue weighted by atomic mass is 10.1. The summed E-state index contributed by atoms with van der Waals surface area (Å²) in [6.45, 7) is 7.16. The Hall–Kier alpha value is -2.37. The highest BCUT2D eigenvalue weighted by Gasteiger charge is 2.22. The van der Waals surface area contributed by atoms with Crippen LogP contribution in [-0.4, -0.2) is 28.5 Å². The minimum absolute atomic E-state index is 0.111. The topological polar surface area (TPSA) is 81.4 Å². The number of amides is 1. The molecule has 124 valence electrons. The van der Waals surface area contributed by atoms with Gasteiger partial charge >= 0.3 is 5.97 Å². The Bertz CT molecular complexity index is 667. The summed E-state index contributed by atoms with van der Waals surface area (Å²) in [4.78, 5) is 28.0. The lowest BCUT2D eigenvalue weighted by Gasteiger charge is -2.23. The van der Waals surface area contributed by atoms with Crippen LogP contribution in [0.5, 0.6) is 0 Å². The second kappa shape index (κ2) is 6.81. The fourth-order valence-electron chi connectivity index (χ4n) is 2.02. The number of nitrogens with one attached hydrogen (secondary N) is 1. The summed E-state index contributed by atoms with van der Waals surface area (Å²) in [5.74, 6) is -0.286. The Morgan fingerprint density at radius 3 is 2.65 bits per heavy atom. The Balaban J connectivity index is 1.83. The fraction of sp³-hybridized carbons (Fsp3) is 0.471. The monoisotopic (exact) mass is 318 g/mol. The number of oxazole rings is 1. The number of hydrogen-bond acceptors (Lipinski definition) is 5. The van der Waals surface area contributed by atoms with E-state index in [2.05, 4.69) is 10.3 Å². The third-order valence-corrected chi connectivity index (χ3v) is 3.06. The number of rotatable bonds is 5. The van der Waals surface area contributed by atoms with Gasteiger partial charge in [0.15, 0.2) is 17.6 Å². The number of nitrogens with zero attached hydrogens (tertiary/aromatic N) is 1. The number of benzene rings is 1. The summed E-state index contributed by atoms with van der Waals surface area (Å²) in [6.07, 6.45) is -0.383. The summed E-state index contributed by atoms with van der Waals surface area (Å²) in [5.41, 5.74) is 1.08. The van der Waals surface area contributed by atoms with Gasteiger partial charge in [-0.2, -0.15) is 0 Å². The summed E-state index contributed by atoms with van der Waals surface area (Å²) < 4.78 is 10.7. The maximum absolute atomic E-state index is 11.9. The van der Waals surface area contributed by atoms with Gasteiger partial charge in [-0.15, -0.1) is 0 Å². The van der Waals surface area contributed by atoms with Gasteiger partial charge in [-0.05, 0) is 39.8 Å². The first kappa shape index (κ1) is 17.0. The molecule has 1 aromatic heterocycles. The first-order chi connectivity index (χ1) is 10.7. The first-order valence-electron chi connectivity index (χ1n) is 7.60. The highest BCUT2D eigenvalue weighted by atomic mass is 16.5. The van der Waals surface area contributed by atoms with Crippen LogP contribution in [0.25, 0.3) is 11.1 Å². The van der Waals surface area contributed by atoms with E-state index >= 15 is 0 Å². The predicted molar refractivity (Wildman–Crippen MR) is 85.8 cm³/mol. The minimum Gasteiger partial charge on any atom is -0.453 e. The first-order valence-corrected chi connectivity index (χ1v) is 7.60. The van der Waals surface area contributed by atoms with E-state index < -0.39 is 12.1 Å². The zero-order chi connectivity index (χ0) is 17.0. The Kier molecular flexibility index (Phi) is 5.03. The molecule has 1 atom stereocenters. The standard InChI is InChI=1S/C17H22N2O4/c1-11(16(21)19-17(2,3)4)22-15(20)10-9-14-18-12-7-5-6-8-13(12)23-14/h5-8,11H,9-10H2,1-4H3,(H,19,21). The van der Waals surface area contributed by atoms with Crippen LogP contribution in [0, 0.1) is 0 Å². The van der Waals surface area contributed by atoms with Crippen molar-refractivity contribution >= 4 is 23.0 Å². The number of aromatic nitrogens is 1. The van der Waals surface area contributed by atoms with E-state index in [-0.39, 0.29) is 17.9 Å². The molecule has 2 rings (SSSR count). The molecule has 1 amide bonds. The van der Waals surface area contributed by atoms with E-state index in [4.69, 9.17) is 9.15 Å². The van der Waals surface area contributed by atoms with Crippen molar-refractivity contribution in [3.8, 4) is 0 Å². The van der Waals surface area contributed by atoms with E-state index in [0.29, 0.717) is 17.9 Å². The maximum Gasteiger partial charge on any atom is 0.307 e. The largest absolute Gasteiger partial charge is 0.453 e. The lowest BCUT2D eigenvalue weighted by Crippen LogP contribution is -2.46. The normalized spacial score (nSPS) is 12.9. The quantitative estimate of drug-likeness (QED) is 0.857. The number of hydrogen-bond donors (Lipinski definition) is 1. The molecule has 0 aliphatic carbocycles. The van der Waals surface area contributed by atoms with Gasteiger partial charge in [0.2, 0.25) is 0 Å². The van der Waals surface area contributed by atoms with E-state index in [1.165, 1.54) is 0 Å². The van der Waals surface area contributed by atoms with Gasteiger partial charge in [0.1, 0.15) is 5.52 Å². The van der Waals surface area contributed by atoms with Gasteiger partial charge < -0.3 is 14.5 Å². The molecule has 0 aliphatic rings. The van der Waals surface area contributed by atoms with Crippen LogP contribution in [-0.2, 0) is 20.7 Å². The van der Waals surface area contributed by atoms with Gasteiger partial charge in [0, 0.05) is 12.0 Å². The molecule has 0 saturated heterocycles. The van der Waals surface area contributed by atoms with E-state index in [1.807, 2.05) is 45.0 Å². The number of carbonyl (C=O) groups excluding carboxylic acids is 2. The molecule has 1 heterocycles. The second-order valence-corrected chi connectivity index (χ2v) is 6.45. The third kappa shape index (κ3) is 5.09. The summed E-state index contributed by atoms with van der Waals surface area (Å²) in [5, 5.41) is 2.77. The van der Waals surface area contributed by atoms with Crippen LogP contribution in [0.1, 0.15) is 40.0 Å². The molecule has 23 heavy (non-hydrogen) atoms. The van der Waals surface area contributed by atoms with Gasteiger partial charge in [-0.1, -0.05) is 12.1 Å². The predicted octanol–water partition coefficient (Wildman–Crippen LogP) is 2.61. The van der Waals surface area contributed by atoms with Crippen molar-refractivity contribution < 1.29 is 18.7 Å². The minimum atomic E-state index is -0.828. The van der Waals surface area contributed by atoms with E-state index in [0.717, 1.165) is 5.52 Å². The van der Waals surface area contributed by atoms with Crippen LogP contribution >= 0.6 is 0 Å². The zero-order valence-electron chi connectivity index (χ0n) is 13.9. The molecule has 0 radical (unpaired) electrons. The molecule has 1 N–H and O–H groups in total. The molecule has 0 fully saturated rings. The average Bonchev–Trinajstić information content (AvgIpc) is 2.86. The van der Waals surface area contributed by atoms with Crippen LogP contribution in [0.4, 0.5) is 0 Å². The number of para-hydroxylation sites is 2. The Morgan fingerprint density at radius 1 is 1.30 bits per heavy atom. The number of ether oxygens (including phenoxy) is 1. The van der Waals surface area contributed by atoms with Crippen LogP contribution in [0.15, 0.2) is 28.7 Å². The smallest absolute Gasteiger partial charge is 0.307 e. The van der Waals surface area contributed by atoms with Gasteiger partial charge in [-0.3, -0.25) is 9.59 Å². The van der Waals surface area contributed by atoms with Crippen LogP contribution in [0.3, 0.4) is 0 Å². The van der Waals surface area contributed by atoms with Crippen molar-refractivity contribution in [2.75, 3.05) is 0 Å². The van der Waals surface area contributed by atoms with E-state index in [9.17, 15) is 9.59 Å². The highest BCUT2D eigenvalue weighted by molar-refractivity contribution is 5.83. The SMILES string of the molecule is CC(OC(=O)CCc1nc2ccccc2o1)C(=O)NC(C)(C)C. The number of fused-ring (bicyclic) bond motifs is 1. The lowest BCUT2D eigenvalue weighted by molar-refractivity contribution is -0.155. The second-order valence-electron chi connectivity index (χ2n) is 6.45. The van der Waals surface area contributed by atoms with Crippen molar-refractivity contribution in [2.45, 2.75) is 52.2 Å². The van der Waals surface area contributed by atoms with Crippen LogP contribution < -0.4 is 5.32 Å². The van der Waals surface area contributed by atoms with Crippen molar-refractivity contribution in [3.63, 3.8) is 0 Å². The molecule has 0 bridgehead atoms. The summed E-state index contributed by atoms with van der Waals surface area (Å²) in [7, 11) is 0. The van der Waals surface area contributed by atoms with Crippen molar-refractivity contribution in [1.82, 2.24) is 10.3 Å². The molecule has 1 unspecified atom stereocenters. The average molecular weight is 318 g/mol. The number of carbonyl (C=O) groups is 2.